The third-order valence-corrected chi connectivity index (χ3v) is 6.04. The maximum Gasteiger partial charge on any atom is 0.274 e. The summed E-state index contributed by atoms with van der Waals surface area (Å²) < 4.78 is 0. The van der Waals surface area contributed by atoms with Gasteiger partial charge >= 0.3 is 0 Å². The molecule has 1 atom stereocenters. The van der Waals surface area contributed by atoms with Crippen LogP contribution >= 0.6 is 23.2 Å². The molecule has 2 aromatic carbocycles. The summed E-state index contributed by atoms with van der Waals surface area (Å²) in [5, 5.41) is 10.0. The molecule has 2 amide bonds. The Morgan fingerprint density at radius 3 is 2.79 bits per heavy atom. The van der Waals surface area contributed by atoms with Gasteiger partial charge < -0.3 is 21.7 Å². The molecular formula is C24H24Cl2N6O2. The fourth-order valence-electron chi connectivity index (χ4n) is 3.73. The number of piperidine rings is 1. The fourth-order valence-corrected chi connectivity index (χ4v) is 4.21. The summed E-state index contributed by atoms with van der Waals surface area (Å²) in [7, 11) is 0. The molecule has 34 heavy (non-hydrogen) atoms. The van der Waals surface area contributed by atoms with Crippen LogP contribution in [0.1, 0.15) is 28.9 Å². The summed E-state index contributed by atoms with van der Waals surface area (Å²) in [6, 6.07) is 12.2. The number of aromatic nitrogens is 2. The zero-order valence-electron chi connectivity index (χ0n) is 18.3. The lowest BCUT2D eigenvalue weighted by Crippen LogP contribution is -2.46. The number of nitrogens with two attached hydrogens (primary N) is 1. The van der Waals surface area contributed by atoms with Gasteiger partial charge in [0.15, 0.2) is 11.5 Å². The van der Waals surface area contributed by atoms with Gasteiger partial charge in [0, 0.05) is 33.9 Å². The third kappa shape index (κ3) is 6.02. The average Bonchev–Trinajstić information content (AvgIpc) is 2.82. The maximum absolute atomic E-state index is 12.8. The Kier molecular flexibility index (Phi) is 7.62. The molecule has 0 saturated carbocycles. The van der Waals surface area contributed by atoms with E-state index in [2.05, 4.69) is 25.9 Å². The van der Waals surface area contributed by atoms with Gasteiger partial charge in [-0.1, -0.05) is 41.4 Å². The molecule has 1 aliphatic rings. The number of anilines is 2. The van der Waals surface area contributed by atoms with Crippen molar-refractivity contribution < 1.29 is 9.59 Å². The lowest BCUT2D eigenvalue weighted by molar-refractivity contribution is -0.115. The molecule has 1 saturated heterocycles. The van der Waals surface area contributed by atoms with Crippen LogP contribution in [-0.2, 0) is 11.2 Å². The Bertz CT molecular complexity index is 1210. The van der Waals surface area contributed by atoms with Crippen LogP contribution < -0.4 is 21.7 Å². The molecule has 10 heteroatoms. The number of carbonyl (C=O) groups excluding carboxylic acids is 2. The third-order valence-electron chi connectivity index (χ3n) is 5.46. The van der Waals surface area contributed by atoms with E-state index in [0.717, 1.165) is 19.4 Å². The first kappa shape index (κ1) is 23.9. The summed E-state index contributed by atoms with van der Waals surface area (Å²) >= 11 is 12.1. The molecule has 1 fully saturated rings. The summed E-state index contributed by atoms with van der Waals surface area (Å²) in [4.78, 5) is 33.9. The normalized spacial score (nSPS) is 15.5. The number of carbonyl (C=O) groups is 2. The fraction of sp³-hybridized carbons (Fsp3) is 0.250. The van der Waals surface area contributed by atoms with E-state index in [1.807, 2.05) is 6.07 Å². The first-order valence-corrected chi connectivity index (χ1v) is 11.6. The van der Waals surface area contributed by atoms with E-state index < -0.39 is 0 Å². The number of benzene rings is 2. The molecule has 0 aliphatic carbocycles. The van der Waals surface area contributed by atoms with Gasteiger partial charge in [-0.15, -0.1) is 0 Å². The predicted octanol–water partition coefficient (Wildman–Crippen LogP) is 3.70. The van der Waals surface area contributed by atoms with Crippen LogP contribution in [-0.4, -0.2) is 40.9 Å². The molecule has 4 rings (SSSR count). The largest absolute Gasteiger partial charge is 0.382 e. The number of halogens is 2. The number of nitrogens with one attached hydrogen (secondary N) is 3. The maximum atomic E-state index is 12.8. The molecule has 0 radical (unpaired) electrons. The van der Waals surface area contributed by atoms with Crippen LogP contribution in [0.4, 0.5) is 11.5 Å². The number of hydrogen-bond acceptors (Lipinski definition) is 6. The van der Waals surface area contributed by atoms with Crippen LogP contribution in [0.15, 0.2) is 48.7 Å². The smallest absolute Gasteiger partial charge is 0.274 e. The van der Waals surface area contributed by atoms with Crippen molar-refractivity contribution in [1.29, 1.82) is 0 Å². The van der Waals surface area contributed by atoms with E-state index in [9.17, 15) is 9.59 Å². The molecule has 1 aliphatic heterocycles. The Morgan fingerprint density at radius 1 is 1.18 bits per heavy atom. The SMILES string of the molecule is Nc1ncc(-c2cccc(NC(=O)Cc3ccc(Cl)cc3Cl)c2)nc1C(=O)NC1CCCNC1. The van der Waals surface area contributed by atoms with Gasteiger partial charge in [-0.3, -0.25) is 9.59 Å². The summed E-state index contributed by atoms with van der Waals surface area (Å²) in [5.74, 6) is -0.523. The van der Waals surface area contributed by atoms with Gasteiger partial charge in [-0.25, -0.2) is 9.97 Å². The van der Waals surface area contributed by atoms with E-state index in [-0.39, 0.29) is 35.8 Å². The molecule has 8 nitrogen and oxygen atoms in total. The lowest BCUT2D eigenvalue weighted by Gasteiger charge is -2.23. The Labute approximate surface area is 207 Å². The van der Waals surface area contributed by atoms with Crippen LogP contribution in [0.2, 0.25) is 10.0 Å². The van der Waals surface area contributed by atoms with E-state index in [0.29, 0.717) is 39.1 Å². The van der Waals surface area contributed by atoms with E-state index in [4.69, 9.17) is 28.9 Å². The molecule has 176 valence electrons. The first-order valence-electron chi connectivity index (χ1n) is 10.9. The zero-order valence-corrected chi connectivity index (χ0v) is 19.8. The zero-order chi connectivity index (χ0) is 24.1. The minimum atomic E-state index is -0.357. The van der Waals surface area contributed by atoms with Crippen molar-refractivity contribution in [3.63, 3.8) is 0 Å². The van der Waals surface area contributed by atoms with Crippen molar-refractivity contribution >= 4 is 46.5 Å². The standard InChI is InChI=1S/C24H24Cl2N6O2/c25-16-7-6-14(19(26)11-16)10-21(33)30-17-4-1-3-15(9-17)20-13-29-23(27)22(32-20)24(34)31-18-5-2-8-28-12-18/h1,3-4,6-7,9,11,13,18,28H,2,5,8,10,12H2,(H2,27,29)(H,30,33)(H,31,34). The minimum Gasteiger partial charge on any atom is -0.382 e. The quantitative estimate of drug-likeness (QED) is 0.411. The molecule has 1 aromatic heterocycles. The molecule has 3 aromatic rings. The van der Waals surface area contributed by atoms with Crippen molar-refractivity contribution in [3.05, 3.63) is 70.0 Å². The molecule has 0 bridgehead atoms. The molecule has 2 heterocycles. The van der Waals surface area contributed by atoms with E-state index in [1.165, 1.54) is 6.20 Å². The first-order chi connectivity index (χ1) is 16.4. The molecule has 1 unspecified atom stereocenters. The number of nitrogens with zero attached hydrogens (tertiary/aromatic N) is 2. The predicted molar refractivity (Wildman–Crippen MR) is 134 cm³/mol. The number of hydrogen-bond donors (Lipinski definition) is 4. The van der Waals surface area contributed by atoms with Gasteiger partial charge in [0.25, 0.3) is 5.91 Å². The monoisotopic (exact) mass is 498 g/mol. The van der Waals surface area contributed by atoms with Gasteiger partial charge in [0.1, 0.15) is 0 Å². The van der Waals surface area contributed by atoms with Gasteiger partial charge in [-0.2, -0.15) is 0 Å². The van der Waals surface area contributed by atoms with Crippen LogP contribution in [0.25, 0.3) is 11.3 Å². The highest BCUT2D eigenvalue weighted by atomic mass is 35.5. The summed E-state index contributed by atoms with van der Waals surface area (Å²) in [6.07, 6.45) is 3.49. The second-order valence-corrected chi connectivity index (χ2v) is 8.89. The van der Waals surface area contributed by atoms with Crippen molar-refractivity contribution in [1.82, 2.24) is 20.6 Å². The number of rotatable bonds is 6. The van der Waals surface area contributed by atoms with Gasteiger partial charge in [0.2, 0.25) is 5.91 Å². The van der Waals surface area contributed by atoms with Crippen molar-refractivity contribution in [3.8, 4) is 11.3 Å². The highest BCUT2D eigenvalue weighted by Crippen LogP contribution is 2.24. The van der Waals surface area contributed by atoms with Crippen LogP contribution in [0.3, 0.4) is 0 Å². The molecular weight excluding hydrogens is 475 g/mol. The van der Waals surface area contributed by atoms with Gasteiger partial charge in [0.05, 0.1) is 18.3 Å². The Hall–Kier alpha value is -3.20. The summed E-state index contributed by atoms with van der Waals surface area (Å²) in [5.41, 5.74) is 8.42. The minimum absolute atomic E-state index is 0.0267. The van der Waals surface area contributed by atoms with Crippen LogP contribution in [0, 0.1) is 0 Å². The van der Waals surface area contributed by atoms with Crippen molar-refractivity contribution in [2.24, 2.45) is 0 Å². The van der Waals surface area contributed by atoms with Crippen LogP contribution in [0.5, 0.6) is 0 Å². The summed E-state index contributed by atoms with van der Waals surface area (Å²) in [6.45, 7) is 1.66. The second-order valence-electron chi connectivity index (χ2n) is 8.05. The van der Waals surface area contributed by atoms with Gasteiger partial charge in [-0.05, 0) is 49.2 Å². The number of nitrogen functional groups attached to an aromatic ring is 1. The topological polar surface area (TPSA) is 122 Å². The molecule has 0 spiro atoms. The highest BCUT2D eigenvalue weighted by molar-refractivity contribution is 6.35. The average molecular weight is 499 g/mol. The molecule has 5 N–H and O–H groups in total. The second kappa shape index (κ2) is 10.8. The van der Waals surface area contributed by atoms with Crippen molar-refractivity contribution in [2.45, 2.75) is 25.3 Å². The Balaban J connectivity index is 1.48. The highest BCUT2D eigenvalue weighted by Gasteiger charge is 2.20. The van der Waals surface area contributed by atoms with Crippen molar-refractivity contribution in [2.75, 3.05) is 24.1 Å². The Morgan fingerprint density at radius 2 is 2.03 bits per heavy atom. The van der Waals surface area contributed by atoms with E-state index in [1.54, 1.807) is 36.4 Å². The number of amides is 2. The lowest BCUT2D eigenvalue weighted by atomic mass is 10.1. The van der Waals surface area contributed by atoms with E-state index >= 15 is 0 Å².